The van der Waals surface area contributed by atoms with Crippen LogP contribution in [0.3, 0.4) is 0 Å². The van der Waals surface area contributed by atoms with Gasteiger partial charge in [-0.3, -0.25) is 4.55 Å². The van der Waals surface area contributed by atoms with Crippen molar-refractivity contribution in [1.29, 1.82) is 0 Å². The number of carboxylic acids is 2. The number of methoxy groups -OCH3 is 1. The molecule has 0 amide bonds. The van der Waals surface area contributed by atoms with Gasteiger partial charge in [0.2, 0.25) is 17.8 Å². The predicted molar refractivity (Wildman–Crippen MR) is 194 cm³/mol. The summed E-state index contributed by atoms with van der Waals surface area (Å²) >= 11 is 0. The Balaban J connectivity index is 1.36. The number of aromatic carboxylic acids is 2. The van der Waals surface area contributed by atoms with Crippen LogP contribution in [0.5, 0.6) is 5.75 Å². The van der Waals surface area contributed by atoms with E-state index in [9.17, 15) is 32.8 Å². The van der Waals surface area contributed by atoms with Crippen LogP contribution < -0.4 is 20.7 Å². The summed E-state index contributed by atoms with van der Waals surface area (Å²) < 4.78 is 37.7. The number of hydrogen-bond donors (Lipinski definition) is 6. The Morgan fingerprint density at radius 2 is 1.30 bits per heavy atom. The first-order chi connectivity index (χ1) is 25.3. The van der Waals surface area contributed by atoms with E-state index in [4.69, 9.17) is 4.74 Å². The fourth-order valence-electron chi connectivity index (χ4n) is 4.71. The van der Waals surface area contributed by atoms with E-state index in [-0.39, 0.29) is 39.3 Å². The molecule has 0 aliphatic carbocycles. The van der Waals surface area contributed by atoms with Crippen molar-refractivity contribution >= 4 is 74.0 Å². The van der Waals surface area contributed by atoms with Gasteiger partial charge in [-0.25, -0.2) is 9.59 Å². The van der Waals surface area contributed by atoms with Crippen LogP contribution in [0.15, 0.2) is 104 Å². The number of aryl methyl sites for hydroxylation is 1. The van der Waals surface area contributed by atoms with Gasteiger partial charge in [-0.15, -0.1) is 5.11 Å². The average molecular weight is 741 g/mol. The van der Waals surface area contributed by atoms with Crippen molar-refractivity contribution < 1.29 is 37.5 Å². The fourth-order valence-corrected chi connectivity index (χ4v) is 5.23. The Labute approximate surface area is 302 Å². The number of benzene rings is 4. The number of nitrogens with zero attached hydrogens (tertiary/aromatic N) is 7. The minimum Gasteiger partial charge on any atom is -0.494 e. The van der Waals surface area contributed by atoms with E-state index in [1.807, 2.05) is 19.9 Å². The van der Waals surface area contributed by atoms with Crippen LogP contribution in [0.2, 0.25) is 0 Å². The quantitative estimate of drug-likeness (QED) is 0.0441. The van der Waals surface area contributed by atoms with E-state index >= 15 is 0 Å². The maximum atomic E-state index is 11.5. The molecule has 53 heavy (non-hydrogen) atoms. The molecule has 5 aromatic rings. The molecule has 6 N–H and O–H groups in total. The molecule has 0 unspecified atom stereocenters. The Bertz CT molecular complexity index is 2320. The van der Waals surface area contributed by atoms with Crippen LogP contribution in [0.1, 0.15) is 40.1 Å². The van der Waals surface area contributed by atoms with Crippen LogP contribution >= 0.6 is 0 Å². The van der Waals surface area contributed by atoms with Gasteiger partial charge in [0.1, 0.15) is 11.4 Å². The first-order valence-corrected chi connectivity index (χ1v) is 17.2. The lowest BCUT2D eigenvalue weighted by Gasteiger charge is -2.13. The second-order valence-corrected chi connectivity index (χ2v) is 12.3. The molecule has 0 radical (unpaired) electrons. The molecule has 1 heterocycles. The van der Waals surface area contributed by atoms with E-state index in [0.29, 0.717) is 47.4 Å². The van der Waals surface area contributed by atoms with Crippen molar-refractivity contribution in [2.45, 2.75) is 25.2 Å². The van der Waals surface area contributed by atoms with Gasteiger partial charge >= 0.3 is 11.9 Å². The van der Waals surface area contributed by atoms with E-state index in [0.717, 1.165) is 11.6 Å². The van der Waals surface area contributed by atoms with Gasteiger partial charge in [0.25, 0.3) is 10.1 Å². The molecule has 1 aromatic heterocycles. The zero-order valence-electron chi connectivity index (χ0n) is 28.3. The number of aromatic nitrogens is 3. The second-order valence-electron chi connectivity index (χ2n) is 10.9. The lowest BCUT2D eigenvalue weighted by molar-refractivity contribution is 0.0696. The molecule has 4 aromatic carbocycles. The number of nitrogens with one attached hydrogen (secondary N) is 3. The van der Waals surface area contributed by atoms with Crippen molar-refractivity contribution in [2.75, 3.05) is 29.6 Å². The zero-order valence-corrected chi connectivity index (χ0v) is 29.2. The summed E-state index contributed by atoms with van der Waals surface area (Å²) in [6, 6.07) is 19.1. The Morgan fingerprint density at radius 3 is 1.89 bits per heavy atom. The topological polar surface area (TPSA) is 262 Å². The lowest BCUT2D eigenvalue weighted by Crippen LogP contribution is -2.09. The second kappa shape index (κ2) is 16.4. The van der Waals surface area contributed by atoms with E-state index in [1.165, 1.54) is 43.5 Å². The summed E-state index contributed by atoms with van der Waals surface area (Å²) in [5.41, 5.74) is 2.62. The number of rotatable bonds is 15. The normalized spacial score (nSPS) is 11.5. The molecule has 0 aliphatic rings. The van der Waals surface area contributed by atoms with Gasteiger partial charge in [-0.2, -0.15) is 38.7 Å². The number of carboxylic acid groups (broad SMARTS) is 2. The van der Waals surface area contributed by atoms with Crippen LogP contribution in [-0.2, 0) is 16.5 Å². The van der Waals surface area contributed by atoms with Crippen LogP contribution in [-0.4, -0.2) is 63.7 Å². The van der Waals surface area contributed by atoms with Crippen LogP contribution in [0.4, 0.5) is 52.0 Å². The number of ether oxygens (including phenoxy) is 1. The third-order valence-electron chi connectivity index (χ3n) is 7.20. The summed E-state index contributed by atoms with van der Waals surface area (Å²) in [4.78, 5) is 36.0. The maximum Gasteiger partial charge on any atom is 0.335 e. The summed E-state index contributed by atoms with van der Waals surface area (Å²) in [6.45, 7) is 4.34. The molecule has 0 saturated heterocycles. The molecular formula is C34H32N10O8S. The predicted octanol–water partition coefficient (Wildman–Crippen LogP) is 7.84. The van der Waals surface area contributed by atoms with E-state index < -0.39 is 22.1 Å². The summed E-state index contributed by atoms with van der Waals surface area (Å²) in [6.07, 6.45) is 0.556. The standard InChI is InChI=1S/C34H32N10O8S/c1-4-19-14-22(9-11-27(19)43-42-25-15-20(30(45)46)13-21(16-25)31(47)48)36-33-38-32(35-5-2)39-34(40-33)37-23-10-12-28(29(18-23)52-3)44-41-24-7-6-8-26(17-24)53(49,50)51/h6-18H,4-5H2,1-3H3,(H,45,46)(H,47,48)(H,49,50,51)(H3,35,36,37,38,39,40). The Morgan fingerprint density at radius 1 is 0.717 bits per heavy atom. The number of hydrogen-bond acceptors (Lipinski definition) is 15. The van der Waals surface area contributed by atoms with Gasteiger partial charge in [-0.1, -0.05) is 13.0 Å². The van der Waals surface area contributed by atoms with Crippen molar-refractivity contribution in [2.24, 2.45) is 20.5 Å². The average Bonchev–Trinajstić information content (AvgIpc) is 3.13. The Kier molecular flexibility index (Phi) is 11.6. The first-order valence-electron chi connectivity index (χ1n) is 15.7. The highest BCUT2D eigenvalue weighted by molar-refractivity contribution is 7.85. The molecule has 0 bridgehead atoms. The third kappa shape index (κ3) is 9.90. The fraction of sp³-hybridized carbons (Fsp3) is 0.147. The molecule has 0 saturated carbocycles. The molecule has 0 aliphatic heterocycles. The molecular weight excluding hydrogens is 709 g/mol. The van der Waals surface area contributed by atoms with Crippen LogP contribution in [0, 0.1) is 0 Å². The van der Waals surface area contributed by atoms with Gasteiger partial charge in [-0.05, 0) is 85.6 Å². The van der Waals surface area contributed by atoms with Gasteiger partial charge in [0.15, 0.2) is 0 Å². The summed E-state index contributed by atoms with van der Waals surface area (Å²) in [7, 11) is -2.95. The van der Waals surface area contributed by atoms with Crippen molar-refractivity contribution in [3.05, 3.63) is 95.6 Å². The van der Waals surface area contributed by atoms with Crippen molar-refractivity contribution in [1.82, 2.24) is 15.0 Å². The monoisotopic (exact) mass is 740 g/mol. The minimum absolute atomic E-state index is 0.0772. The minimum atomic E-state index is -4.40. The highest BCUT2D eigenvalue weighted by atomic mass is 32.2. The third-order valence-corrected chi connectivity index (χ3v) is 8.05. The number of carbonyl (C=O) groups is 2. The molecule has 5 rings (SSSR count). The molecule has 272 valence electrons. The smallest absolute Gasteiger partial charge is 0.335 e. The largest absolute Gasteiger partial charge is 0.494 e. The van der Waals surface area contributed by atoms with Gasteiger partial charge in [0, 0.05) is 24.0 Å². The van der Waals surface area contributed by atoms with E-state index in [1.54, 1.807) is 30.3 Å². The number of azo groups is 2. The molecule has 0 fully saturated rings. The zero-order chi connectivity index (χ0) is 38.1. The molecule has 19 heteroatoms. The summed E-state index contributed by atoms with van der Waals surface area (Å²) in [5, 5.41) is 44.7. The van der Waals surface area contributed by atoms with Crippen molar-refractivity contribution in [3.63, 3.8) is 0 Å². The highest BCUT2D eigenvalue weighted by Gasteiger charge is 2.14. The Hall–Kier alpha value is -6.86. The highest BCUT2D eigenvalue weighted by Crippen LogP contribution is 2.34. The molecule has 0 atom stereocenters. The van der Waals surface area contributed by atoms with Gasteiger partial charge < -0.3 is 30.9 Å². The van der Waals surface area contributed by atoms with Gasteiger partial charge in [0.05, 0.1) is 40.2 Å². The lowest BCUT2D eigenvalue weighted by atomic mass is 10.1. The van der Waals surface area contributed by atoms with Crippen LogP contribution in [0.25, 0.3) is 0 Å². The molecule has 0 spiro atoms. The molecule has 18 nitrogen and oxygen atoms in total. The van der Waals surface area contributed by atoms with E-state index in [2.05, 4.69) is 51.4 Å². The SMILES string of the molecule is CCNc1nc(Nc2ccc(N=Nc3cc(C(=O)O)cc(C(=O)O)c3)c(CC)c2)nc(Nc2ccc(N=Nc3cccc(S(=O)(=O)O)c3)c(OC)c2)n1. The maximum absolute atomic E-state index is 11.5. The first kappa shape index (κ1) is 37.4. The number of anilines is 5. The van der Waals surface area contributed by atoms with Crippen molar-refractivity contribution in [3.8, 4) is 5.75 Å². The summed E-state index contributed by atoms with van der Waals surface area (Å²) in [5.74, 6) is -1.53.